The number of rotatable bonds is 3. The van der Waals surface area contributed by atoms with Crippen molar-refractivity contribution in [1.29, 1.82) is 0 Å². The minimum Gasteiger partial charge on any atom is -0.339 e. The molecule has 2 aromatic heterocycles. The molecule has 5 rings (SSSR count). The van der Waals surface area contributed by atoms with Gasteiger partial charge >= 0.3 is 0 Å². The number of fused-ring (bicyclic) bond motifs is 3. The van der Waals surface area contributed by atoms with Crippen molar-refractivity contribution in [3.05, 3.63) is 51.3 Å². The second-order valence-corrected chi connectivity index (χ2v) is 10.6. The van der Waals surface area contributed by atoms with Gasteiger partial charge < -0.3 is 15.1 Å². The van der Waals surface area contributed by atoms with E-state index in [-0.39, 0.29) is 11.8 Å². The molecule has 2 aliphatic heterocycles. The number of carbonyl (C=O) groups is 2. The van der Waals surface area contributed by atoms with Gasteiger partial charge in [-0.3, -0.25) is 9.59 Å². The Kier molecular flexibility index (Phi) is 5.84. The predicted molar refractivity (Wildman–Crippen MR) is 132 cm³/mol. The zero-order chi connectivity index (χ0) is 23.1. The smallest absolute Gasteiger partial charge is 0.264 e. The number of thiophene rings is 1. The molecule has 0 atom stereocenters. The molecule has 1 aromatic carbocycles. The van der Waals surface area contributed by atoms with Crippen LogP contribution in [0.1, 0.15) is 32.6 Å². The number of nitrogens with one attached hydrogen (secondary N) is 1. The maximum absolute atomic E-state index is 13.2. The van der Waals surface area contributed by atoms with Crippen LogP contribution < -0.4 is 5.32 Å². The molecule has 0 aliphatic carbocycles. The van der Waals surface area contributed by atoms with Crippen LogP contribution in [0.4, 0.5) is 11.6 Å². The number of thioether (sulfide) groups is 1. The highest BCUT2D eigenvalue weighted by Gasteiger charge is 2.28. The van der Waals surface area contributed by atoms with Crippen LogP contribution in [-0.4, -0.2) is 57.8 Å². The fourth-order valence-corrected chi connectivity index (χ4v) is 6.47. The lowest BCUT2D eigenvalue weighted by atomic mass is 10.1. The topological polar surface area (TPSA) is 78.4 Å². The van der Waals surface area contributed by atoms with Crippen molar-refractivity contribution in [1.82, 2.24) is 19.8 Å². The first-order valence-electron chi connectivity index (χ1n) is 10.9. The zero-order valence-electron chi connectivity index (χ0n) is 18.8. The van der Waals surface area contributed by atoms with Crippen LogP contribution in [0.15, 0.2) is 35.4 Å². The Morgan fingerprint density at radius 3 is 2.39 bits per heavy atom. The molecule has 1 fully saturated rings. The highest BCUT2D eigenvalue weighted by molar-refractivity contribution is 7.98. The summed E-state index contributed by atoms with van der Waals surface area (Å²) in [6.45, 7) is 8.02. The Morgan fingerprint density at radius 1 is 1.00 bits per heavy atom. The molecular formula is C24H25N5O2S2. The third-order valence-electron chi connectivity index (χ3n) is 5.88. The summed E-state index contributed by atoms with van der Waals surface area (Å²) in [5.41, 5.74) is 5.21. The van der Waals surface area contributed by atoms with E-state index in [2.05, 4.69) is 42.3 Å². The fraction of sp³-hybridized carbons (Fsp3) is 0.333. The Morgan fingerprint density at radius 2 is 1.70 bits per heavy atom. The van der Waals surface area contributed by atoms with Crippen molar-refractivity contribution >= 4 is 46.5 Å². The van der Waals surface area contributed by atoms with Crippen LogP contribution in [0.3, 0.4) is 0 Å². The van der Waals surface area contributed by atoms with E-state index in [9.17, 15) is 9.59 Å². The Labute approximate surface area is 201 Å². The van der Waals surface area contributed by atoms with Gasteiger partial charge in [-0.2, -0.15) is 0 Å². The van der Waals surface area contributed by atoms with E-state index in [0.29, 0.717) is 32.1 Å². The second kappa shape index (κ2) is 8.79. The highest BCUT2D eigenvalue weighted by atomic mass is 32.2. The first-order valence-corrected chi connectivity index (χ1v) is 12.7. The van der Waals surface area contributed by atoms with Gasteiger partial charge in [-0.1, -0.05) is 6.07 Å². The molecule has 4 heterocycles. The quantitative estimate of drug-likeness (QED) is 0.597. The van der Waals surface area contributed by atoms with Crippen molar-refractivity contribution in [3.8, 4) is 11.3 Å². The van der Waals surface area contributed by atoms with Crippen molar-refractivity contribution in [2.75, 3.05) is 31.5 Å². The van der Waals surface area contributed by atoms with E-state index in [4.69, 9.17) is 4.98 Å². The number of carbonyl (C=O) groups excluding carboxylic acids is 2. The van der Waals surface area contributed by atoms with Gasteiger partial charge in [0.1, 0.15) is 0 Å². The SMILES string of the molecule is CC(=O)N1CCN(C(=O)c2cc3c(s2)CSc2cnc(Nc4cc(C)cc(C)c4)nc2-3)CC1. The van der Waals surface area contributed by atoms with Gasteiger partial charge in [-0.25, -0.2) is 9.97 Å². The van der Waals surface area contributed by atoms with Crippen LogP contribution in [0.2, 0.25) is 0 Å². The minimum atomic E-state index is 0.0341. The van der Waals surface area contributed by atoms with Gasteiger partial charge in [0.2, 0.25) is 11.9 Å². The number of hydrogen-bond donors (Lipinski definition) is 1. The second-order valence-electron chi connectivity index (χ2n) is 8.44. The summed E-state index contributed by atoms with van der Waals surface area (Å²) in [4.78, 5) is 40.6. The summed E-state index contributed by atoms with van der Waals surface area (Å²) in [6.07, 6.45) is 1.86. The van der Waals surface area contributed by atoms with Crippen LogP contribution in [0.5, 0.6) is 0 Å². The van der Waals surface area contributed by atoms with E-state index in [0.717, 1.165) is 37.3 Å². The number of nitrogens with zero attached hydrogens (tertiary/aromatic N) is 4. The number of anilines is 2. The van der Waals surface area contributed by atoms with Crippen molar-refractivity contribution in [2.45, 2.75) is 31.4 Å². The van der Waals surface area contributed by atoms with E-state index in [1.807, 2.05) is 17.2 Å². The zero-order valence-corrected chi connectivity index (χ0v) is 20.5. The predicted octanol–water partition coefficient (Wildman–Crippen LogP) is 4.48. The molecular weight excluding hydrogens is 454 g/mol. The van der Waals surface area contributed by atoms with Crippen LogP contribution in [-0.2, 0) is 10.5 Å². The number of aromatic nitrogens is 2. The van der Waals surface area contributed by atoms with Crippen LogP contribution >= 0.6 is 23.1 Å². The molecule has 0 unspecified atom stereocenters. The fourth-order valence-electron chi connectivity index (χ4n) is 4.27. The van der Waals surface area contributed by atoms with Crippen LogP contribution in [0, 0.1) is 13.8 Å². The molecule has 7 nitrogen and oxygen atoms in total. The molecule has 0 bridgehead atoms. The largest absolute Gasteiger partial charge is 0.339 e. The van der Waals surface area contributed by atoms with Gasteiger partial charge in [0, 0.05) is 61.2 Å². The normalized spacial score (nSPS) is 15.1. The maximum atomic E-state index is 13.2. The summed E-state index contributed by atoms with van der Waals surface area (Å²) in [5.74, 6) is 1.46. The lowest BCUT2D eigenvalue weighted by Crippen LogP contribution is -2.49. The summed E-state index contributed by atoms with van der Waals surface area (Å²) >= 11 is 3.25. The molecule has 0 spiro atoms. The van der Waals surface area contributed by atoms with E-state index in [1.165, 1.54) is 11.1 Å². The van der Waals surface area contributed by atoms with Crippen molar-refractivity contribution in [2.24, 2.45) is 0 Å². The summed E-state index contributed by atoms with van der Waals surface area (Å²) in [7, 11) is 0. The standard InChI is InChI=1S/C24H25N5O2S2/c1-14-8-15(2)10-17(9-14)26-24-25-12-20-22(27-24)18-11-19(33-21(18)13-32-20)23(31)29-6-4-28(5-7-29)16(3)30/h8-12H,4-7,13H2,1-3H3,(H,25,26,27). The van der Waals surface area contributed by atoms with Gasteiger partial charge in [-0.15, -0.1) is 23.1 Å². The minimum absolute atomic E-state index is 0.0341. The summed E-state index contributed by atoms with van der Waals surface area (Å²) in [5, 5.41) is 3.33. The molecule has 9 heteroatoms. The van der Waals surface area contributed by atoms with Gasteiger partial charge in [0.15, 0.2) is 0 Å². The Balaban J connectivity index is 1.38. The number of aryl methyl sites for hydroxylation is 2. The van der Waals surface area contributed by atoms with E-state index < -0.39 is 0 Å². The summed E-state index contributed by atoms with van der Waals surface area (Å²) < 4.78 is 0. The molecule has 1 N–H and O–H groups in total. The average Bonchev–Trinajstić information content (AvgIpc) is 3.23. The van der Waals surface area contributed by atoms with Crippen molar-refractivity contribution < 1.29 is 9.59 Å². The molecule has 170 valence electrons. The molecule has 0 saturated carbocycles. The molecule has 2 amide bonds. The number of piperazine rings is 1. The van der Waals surface area contributed by atoms with Gasteiger partial charge in [-0.05, 0) is 43.2 Å². The molecule has 3 aromatic rings. The number of hydrogen-bond acceptors (Lipinski definition) is 7. The van der Waals surface area contributed by atoms with Crippen molar-refractivity contribution in [3.63, 3.8) is 0 Å². The Bertz CT molecular complexity index is 1230. The highest BCUT2D eigenvalue weighted by Crippen LogP contribution is 2.44. The molecule has 2 aliphatic rings. The third-order valence-corrected chi connectivity index (χ3v) is 8.23. The first-order chi connectivity index (χ1) is 15.9. The molecule has 1 saturated heterocycles. The van der Waals surface area contributed by atoms with Crippen LogP contribution in [0.25, 0.3) is 11.3 Å². The lowest BCUT2D eigenvalue weighted by molar-refractivity contribution is -0.130. The number of amides is 2. The maximum Gasteiger partial charge on any atom is 0.264 e. The third kappa shape index (κ3) is 4.47. The summed E-state index contributed by atoms with van der Waals surface area (Å²) in [6, 6.07) is 8.25. The monoisotopic (exact) mass is 479 g/mol. The molecule has 33 heavy (non-hydrogen) atoms. The Hall–Kier alpha value is -2.91. The van der Waals surface area contributed by atoms with E-state index in [1.54, 1.807) is 34.9 Å². The number of benzene rings is 1. The lowest BCUT2D eigenvalue weighted by Gasteiger charge is -2.33. The first kappa shape index (κ1) is 21.9. The molecule has 0 radical (unpaired) electrons. The van der Waals surface area contributed by atoms with Gasteiger partial charge in [0.25, 0.3) is 5.91 Å². The van der Waals surface area contributed by atoms with E-state index >= 15 is 0 Å². The average molecular weight is 480 g/mol. The van der Waals surface area contributed by atoms with Gasteiger partial charge in [0.05, 0.1) is 15.5 Å².